The fourth-order valence-corrected chi connectivity index (χ4v) is 3.01. The number of sulfonamides is 1. The van der Waals surface area contributed by atoms with Crippen molar-refractivity contribution in [1.82, 2.24) is 4.98 Å². The summed E-state index contributed by atoms with van der Waals surface area (Å²) in [6, 6.07) is 6.59. The zero-order valence-corrected chi connectivity index (χ0v) is 12.8. The van der Waals surface area contributed by atoms with Crippen molar-refractivity contribution in [3.63, 3.8) is 0 Å². The first kappa shape index (κ1) is 15.6. The van der Waals surface area contributed by atoms with Gasteiger partial charge in [0.2, 0.25) is 5.03 Å². The summed E-state index contributed by atoms with van der Waals surface area (Å²) in [4.78, 5) is 3.50. The Bertz CT molecular complexity index is 812. The van der Waals surface area contributed by atoms with Gasteiger partial charge in [0.25, 0.3) is 10.0 Å². The number of nitrogens with zero attached hydrogens (tertiary/aromatic N) is 1. The summed E-state index contributed by atoms with van der Waals surface area (Å²) >= 11 is 10.7. The van der Waals surface area contributed by atoms with Gasteiger partial charge in [-0.2, -0.15) is 8.42 Å². The van der Waals surface area contributed by atoms with Crippen LogP contribution in [0.2, 0.25) is 5.02 Å². The molecule has 0 unspecified atom stereocenters. The highest BCUT2D eigenvalue weighted by molar-refractivity contribution is 7.92. The van der Waals surface area contributed by atoms with Crippen LogP contribution in [0.15, 0.2) is 41.6 Å². The number of halogens is 2. The van der Waals surface area contributed by atoms with Crippen molar-refractivity contribution in [2.45, 2.75) is 5.03 Å². The maximum absolute atomic E-state index is 13.6. The van der Waals surface area contributed by atoms with Gasteiger partial charge in [-0.25, -0.2) is 9.37 Å². The van der Waals surface area contributed by atoms with Gasteiger partial charge in [0.1, 0.15) is 4.99 Å². The Morgan fingerprint density at radius 1 is 1.38 bits per heavy atom. The van der Waals surface area contributed by atoms with Gasteiger partial charge in [0, 0.05) is 16.8 Å². The van der Waals surface area contributed by atoms with Gasteiger partial charge in [0.15, 0.2) is 5.82 Å². The number of anilines is 1. The summed E-state index contributed by atoms with van der Waals surface area (Å²) in [6.07, 6.45) is 1.17. The van der Waals surface area contributed by atoms with E-state index in [-0.39, 0.29) is 21.3 Å². The molecule has 0 aliphatic heterocycles. The second kappa shape index (κ2) is 5.92. The summed E-state index contributed by atoms with van der Waals surface area (Å²) in [5, 5.41) is -0.451. The third-order valence-corrected chi connectivity index (χ3v) is 4.22. The molecule has 9 heteroatoms. The van der Waals surface area contributed by atoms with Crippen LogP contribution >= 0.6 is 23.8 Å². The van der Waals surface area contributed by atoms with E-state index in [9.17, 15) is 12.8 Å². The predicted octanol–water partition coefficient (Wildman–Crippen LogP) is 2.31. The Kier molecular flexibility index (Phi) is 4.40. The van der Waals surface area contributed by atoms with Crippen LogP contribution in [0.1, 0.15) is 5.56 Å². The van der Waals surface area contributed by atoms with E-state index in [1.54, 1.807) is 0 Å². The molecule has 0 atom stereocenters. The largest absolute Gasteiger partial charge is 0.389 e. The van der Waals surface area contributed by atoms with E-state index in [4.69, 9.17) is 29.6 Å². The molecule has 5 nitrogen and oxygen atoms in total. The zero-order chi connectivity index (χ0) is 15.6. The average molecular weight is 346 g/mol. The van der Waals surface area contributed by atoms with Crippen molar-refractivity contribution in [2.75, 3.05) is 4.72 Å². The molecule has 0 bridgehead atoms. The number of benzene rings is 1. The molecule has 0 saturated carbocycles. The molecule has 0 spiro atoms. The molecule has 0 aliphatic rings. The molecule has 0 fully saturated rings. The number of thiocarbonyl (C=S) groups is 1. The van der Waals surface area contributed by atoms with Crippen LogP contribution in [0.3, 0.4) is 0 Å². The second-order valence-electron chi connectivity index (χ2n) is 3.95. The van der Waals surface area contributed by atoms with E-state index < -0.39 is 20.9 Å². The van der Waals surface area contributed by atoms with Crippen LogP contribution in [-0.4, -0.2) is 18.4 Å². The molecule has 0 amide bonds. The summed E-state index contributed by atoms with van der Waals surface area (Å²) in [7, 11) is -4.23. The highest BCUT2D eigenvalue weighted by atomic mass is 35.5. The van der Waals surface area contributed by atoms with Gasteiger partial charge < -0.3 is 5.73 Å². The zero-order valence-electron chi connectivity index (χ0n) is 10.4. The lowest BCUT2D eigenvalue weighted by Crippen LogP contribution is -2.19. The minimum atomic E-state index is -4.23. The number of hydrogen-bond donors (Lipinski definition) is 2. The molecule has 2 rings (SSSR count). The fourth-order valence-electron chi connectivity index (χ4n) is 1.58. The van der Waals surface area contributed by atoms with Crippen molar-refractivity contribution < 1.29 is 12.8 Å². The molecule has 1 aromatic heterocycles. The standard InChI is InChI=1S/C12H9ClFN3O2S2/c13-7-3-4-8(11(15)20)10(6-7)17-21(18,19)12-9(14)2-1-5-16-12/h1-6,17H,(H2,15,20). The Morgan fingerprint density at radius 3 is 2.71 bits per heavy atom. The molecule has 1 heterocycles. The summed E-state index contributed by atoms with van der Waals surface area (Å²) < 4.78 is 40.1. The quantitative estimate of drug-likeness (QED) is 0.830. The number of rotatable bonds is 4. The van der Waals surface area contributed by atoms with Crippen LogP contribution in [-0.2, 0) is 10.0 Å². The lowest BCUT2D eigenvalue weighted by atomic mass is 10.2. The Morgan fingerprint density at radius 2 is 2.10 bits per heavy atom. The first-order valence-corrected chi connectivity index (χ1v) is 7.81. The monoisotopic (exact) mass is 345 g/mol. The Balaban J connectivity index is 2.49. The van der Waals surface area contributed by atoms with Crippen LogP contribution in [0.25, 0.3) is 0 Å². The summed E-state index contributed by atoms with van der Waals surface area (Å²) in [5.41, 5.74) is 5.84. The third-order valence-electron chi connectivity index (χ3n) is 2.47. The van der Waals surface area contributed by atoms with Crippen LogP contribution < -0.4 is 10.5 Å². The number of nitrogens with two attached hydrogens (primary N) is 1. The van der Waals surface area contributed by atoms with Crippen molar-refractivity contribution in [3.05, 3.63) is 52.9 Å². The molecule has 3 N–H and O–H groups in total. The Hall–Kier alpha value is -1.77. The van der Waals surface area contributed by atoms with Gasteiger partial charge in [-0.05, 0) is 30.3 Å². The molecule has 110 valence electrons. The third kappa shape index (κ3) is 3.46. The van der Waals surface area contributed by atoms with Crippen LogP contribution in [0.5, 0.6) is 0 Å². The predicted molar refractivity (Wildman–Crippen MR) is 82.3 cm³/mol. The first-order chi connectivity index (χ1) is 9.81. The first-order valence-electron chi connectivity index (χ1n) is 5.54. The molecule has 0 radical (unpaired) electrons. The van der Waals surface area contributed by atoms with E-state index in [2.05, 4.69) is 9.71 Å². The van der Waals surface area contributed by atoms with Crippen LogP contribution in [0.4, 0.5) is 10.1 Å². The number of nitrogens with one attached hydrogen (secondary N) is 1. The highest BCUT2D eigenvalue weighted by Gasteiger charge is 2.22. The smallest absolute Gasteiger partial charge is 0.282 e. The summed E-state index contributed by atoms with van der Waals surface area (Å²) in [6.45, 7) is 0. The maximum Gasteiger partial charge on any atom is 0.282 e. The molecular weight excluding hydrogens is 337 g/mol. The molecular formula is C12H9ClFN3O2S2. The van der Waals surface area contributed by atoms with Gasteiger partial charge in [-0.1, -0.05) is 23.8 Å². The van der Waals surface area contributed by atoms with E-state index in [0.717, 1.165) is 6.07 Å². The highest BCUT2D eigenvalue weighted by Crippen LogP contribution is 2.24. The van der Waals surface area contributed by atoms with Gasteiger partial charge in [-0.15, -0.1) is 0 Å². The van der Waals surface area contributed by atoms with E-state index in [1.165, 1.54) is 30.5 Å². The van der Waals surface area contributed by atoms with Gasteiger partial charge in [-0.3, -0.25) is 4.72 Å². The number of hydrogen-bond acceptors (Lipinski definition) is 4. The van der Waals surface area contributed by atoms with Crippen molar-refractivity contribution in [1.29, 1.82) is 0 Å². The lowest BCUT2D eigenvalue weighted by Gasteiger charge is -2.12. The topological polar surface area (TPSA) is 85.1 Å². The normalized spacial score (nSPS) is 11.1. The minimum Gasteiger partial charge on any atom is -0.389 e. The van der Waals surface area contributed by atoms with E-state index in [1.807, 2.05) is 0 Å². The average Bonchev–Trinajstić information content (AvgIpc) is 2.38. The van der Waals surface area contributed by atoms with Crippen molar-refractivity contribution in [2.24, 2.45) is 5.73 Å². The molecule has 1 aromatic carbocycles. The number of aromatic nitrogens is 1. The van der Waals surface area contributed by atoms with E-state index >= 15 is 0 Å². The maximum atomic E-state index is 13.6. The minimum absolute atomic E-state index is 0.0224. The molecule has 0 saturated heterocycles. The van der Waals surface area contributed by atoms with Crippen molar-refractivity contribution in [3.8, 4) is 0 Å². The SMILES string of the molecule is NC(=S)c1ccc(Cl)cc1NS(=O)(=O)c1ncccc1F. The fraction of sp³-hybridized carbons (Fsp3) is 0. The summed E-state index contributed by atoms with van der Waals surface area (Å²) in [5.74, 6) is -0.969. The van der Waals surface area contributed by atoms with Gasteiger partial charge >= 0.3 is 0 Å². The molecule has 2 aromatic rings. The number of pyridine rings is 1. The van der Waals surface area contributed by atoms with Crippen LogP contribution in [0, 0.1) is 5.82 Å². The molecule has 21 heavy (non-hydrogen) atoms. The lowest BCUT2D eigenvalue weighted by molar-refractivity contribution is 0.557. The molecule has 0 aliphatic carbocycles. The Labute approximate surface area is 131 Å². The van der Waals surface area contributed by atoms with E-state index in [0.29, 0.717) is 0 Å². The second-order valence-corrected chi connectivity index (χ2v) is 6.42. The van der Waals surface area contributed by atoms with Gasteiger partial charge in [0.05, 0.1) is 5.69 Å². The van der Waals surface area contributed by atoms with Crippen molar-refractivity contribution >= 4 is 44.5 Å².